The first-order valence-corrected chi connectivity index (χ1v) is 9.55. The van der Waals surface area contributed by atoms with E-state index in [1.807, 2.05) is 24.3 Å². The van der Waals surface area contributed by atoms with E-state index in [4.69, 9.17) is 0 Å². The summed E-state index contributed by atoms with van der Waals surface area (Å²) in [5.74, 6) is 0. The van der Waals surface area contributed by atoms with Crippen LogP contribution in [0.15, 0.2) is 24.3 Å². The zero-order valence-electron chi connectivity index (χ0n) is 10.2. The molecule has 18 heavy (non-hydrogen) atoms. The highest BCUT2D eigenvalue weighted by Gasteiger charge is 2.08. The number of benzene rings is 1. The molecule has 0 bridgehead atoms. The summed E-state index contributed by atoms with van der Waals surface area (Å²) in [6, 6.07) is 8.32. The lowest BCUT2D eigenvalue weighted by Crippen LogP contribution is -2.23. The van der Waals surface area contributed by atoms with Crippen molar-refractivity contribution in [1.82, 2.24) is 0 Å². The van der Waals surface area contributed by atoms with Gasteiger partial charge in [-0.25, -0.2) is 17.6 Å². The summed E-state index contributed by atoms with van der Waals surface area (Å²) >= 11 is 0. The fourth-order valence-electron chi connectivity index (χ4n) is 1.67. The molecule has 102 valence electrons. The van der Waals surface area contributed by atoms with E-state index in [1.165, 1.54) is 0 Å². The molecule has 2 atom stereocenters. The Hall–Kier alpha value is -0.626. The molecule has 1 rings (SSSR count). The van der Waals surface area contributed by atoms with E-state index in [9.17, 15) is 17.6 Å². The summed E-state index contributed by atoms with van der Waals surface area (Å²) in [4.78, 5) is 0. The van der Waals surface area contributed by atoms with Crippen molar-refractivity contribution in [3.05, 3.63) is 24.3 Å². The Morgan fingerprint density at radius 1 is 0.778 bits per heavy atom. The third kappa shape index (κ3) is 5.81. The van der Waals surface area contributed by atoms with E-state index in [0.717, 1.165) is 10.4 Å². The van der Waals surface area contributed by atoms with Crippen LogP contribution >= 0.6 is 0 Å². The number of rotatable bonds is 8. The Bertz CT molecular complexity index is 298. The van der Waals surface area contributed by atoms with Crippen LogP contribution in [0.3, 0.4) is 0 Å². The van der Waals surface area contributed by atoms with Gasteiger partial charge in [0.2, 0.25) is 0 Å². The molecule has 0 nitrogen and oxygen atoms in total. The first-order valence-electron chi connectivity index (χ1n) is 6.13. The van der Waals surface area contributed by atoms with Crippen LogP contribution < -0.4 is 10.4 Å². The second-order valence-corrected chi connectivity index (χ2v) is 8.18. The molecule has 0 aliphatic carbocycles. The number of halogens is 4. The molecule has 1 aromatic carbocycles. The van der Waals surface area contributed by atoms with Crippen LogP contribution in [0.25, 0.3) is 0 Å². The average Bonchev–Trinajstić information content (AvgIpc) is 2.43. The predicted octanol–water partition coefficient (Wildman–Crippen LogP) is 0.727. The predicted molar refractivity (Wildman–Crippen MR) is 74.2 cm³/mol. The monoisotopic (exact) mass is 294 g/mol. The normalized spacial score (nSPS) is 15.8. The molecule has 6 heteroatoms. The molecule has 0 aromatic heterocycles. The van der Waals surface area contributed by atoms with Gasteiger partial charge >= 0.3 is 0 Å². The van der Waals surface area contributed by atoms with E-state index >= 15 is 0 Å². The van der Waals surface area contributed by atoms with Gasteiger partial charge in [0.05, 0.1) is 19.0 Å². The third-order valence-electron chi connectivity index (χ3n) is 2.85. The summed E-state index contributed by atoms with van der Waals surface area (Å²) in [6.07, 6.45) is -2.66. The number of hydrogen-bond donors (Lipinski definition) is 0. The number of alkyl halides is 4. The molecule has 0 fully saturated rings. The Morgan fingerprint density at radius 2 is 1.11 bits per heavy atom. The summed E-state index contributed by atoms with van der Waals surface area (Å²) in [7, 11) is -1.51. The fraction of sp³-hybridized carbons (Fsp3) is 0.500. The van der Waals surface area contributed by atoms with E-state index in [2.05, 4.69) is 0 Å². The van der Waals surface area contributed by atoms with Crippen molar-refractivity contribution in [3.63, 3.8) is 0 Å². The van der Waals surface area contributed by atoms with Crippen molar-refractivity contribution < 1.29 is 17.6 Å². The van der Waals surface area contributed by atoms with Gasteiger partial charge in [-0.1, -0.05) is 34.6 Å². The van der Waals surface area contributed by atoms with Crippen LogP contribution in [0.4, 0.5) is 17.6 Å². The first kappa shape index (κ1) is 15.4. The lowest BCUT2D eigenvalue weighted by Gasteiger charge is -2.06. The van der Waals surface area contributed by atoms with E-state index < -0.39 is 44.7 Å². The highest BCUT2D eigenvalue weighted by atomic mass is 28.2. The van der Waals surface area contributed by atoms with Crippen LogP contribution in [0, 0.1) is 0 Å². The standard InChI is InChI=1S/C12H18F4Si2/c13-5-9(15)7-17-11-1-2-12(4-3-11)18-8-10(16)6-14/h1-4,9-10H,5-8,17-18H2. The topological polar surface area (TPSA) is 0 Å². The minimum atomic E-state index is -1.33. The molecule has 0 aliphatic heterocycles. The maximum Gasteiger partial charge on any atom is 0.126 e. The molecule has 0 N–H and O–H groups in total. The second kappa shape index (κ2) is 8.47. The zero-order chi connectivity index (χ0) is 13.4. The summed E-state index contributed by atoms with van der Waals surface area (Å²) < 4.78 is 49.4. The first-order chi connectivity index (χ1) is 8.65. The second-order valence-electron chi connectivity index (χ2n) is 4.40. The minimum Gasteiger partial charge on any atom is -0.248 e. The van der Waals surface area contributed by atoms with Gasteiger partial charge < -0.3 is 0 Å². The lowest BCUT2D eigenvalue weighted by molar-refractivity contribution is 0.281. The molecule has 0 spiro atoms. The molecule has 0 saturated heterocycles. The van der Waals surface area contributed by atoms with Crippen molar-refractivity contribution in [3.8, 4) is 0 Å². The van der Waals surface area contributed by atoms with Crippen LogP contribution in [-0.2, 0) is 0 Å². The minimum absolute atomic E-state index is 0.321. The van der Waals surface area contributed by atoms with Gasteiger partial charge in [-0.2, -0.15) is 0 Å². The Kier molecular flexibility index (Phi) is 7.26. The van der Waals surface area contributed by atoms with Gasteiger partial charge in [-0.05, 0) is 12.1 Å². The summed E-state index contributed by atoms with van der Waals surface area (Å²) in [5.41, 5.74) is 0. The van der Waals surface area contributed by atoms with E-state index in [0.29, 0.717) is 12.1 Å². The van der Waals surface area contributed by atoms with Gasteiger partial charge in [-0.15, -0.1) is 0 Å². The van der Waals surface area contributed by atoms with Gasteiger partial charge in [0, 0.05) is 0 Å². The van der Waals surface area contributed by atoms with Crippen LogP contribution in [0.5, 0.6) is 0 Å². The van der Waals surface area contributed by atoms with Crippen LogP contribution in [0.2, 0.25) is 12.1 Å². The zero-order valence-corrected chi connectivity index (χ0v) is 13.0. The van der Waals surface area contributed by atoms with Gasteiger partial charge in [-0.3, -0.25) is 0 Å². The maximum atomic E-state index is 12.7. The Morgan fingerprint density at radius 3 is 1.39 bits per heavy atom. The Balaban J connectivity index is 2.37. The molecule has 0 saturated carbocycles. The molecular formula is C12H18F4Si2. The average molecular weight is 294 g/mol. The molecule has 1 aromatic rings. The lowest BCUT2D eigenvalue weighted by atomic mass is 10.4. The van der Waals surface area contributed by atoms with Gasteiger partial charge in [0.1, 0.15) is 25.7 Å². The maximum absolute atomic E-state index is 12.7. The van der Waals surface area contributed by atoms with E-state index in [-0.39, 0.29) is 0 Å². The van der Waals surface area contributed by atoms with E-state index in [1.54, 1.807) is 0 Å². The van der Waals surface area contributed by atoms with Crippen LogP contribution in [0.1, 0.15) is 0 Å². The van der Waals surface area contributed by atoms with Crippen molar-refractivity contribution in [1.29, 1.82) is 0 Å². The highest BCUT2D eigenvalue weighted by Crippen LogP contribution is 1.99. The smallest absolute Gasteiger partial charge is 0.126 e. The van der Waals surface area contributed by atoms with Crippen LogP contribution in [-0.4, -0.2) is 44.7 Å². The number of hydrogen-bond acceptors (Lipinski definition) is 0. The quantitative estimate of drug-likeness (QED) is 0.490. The van der Waals surface area contributed by atoms with Crippen molar-refractivity contribution in [2.45, 2.75) is 24.4 Å². The largest absolute Gasteiger partial charge is 0.248 e. The Labute approximate surface area is 109 Å². The summed E-state index contributed by atoms with van der Waals surface area (Å²) in [6.45, 7) is -1.81. The molecule has 0 amide bonds. The third-order valence-corrected chi connectivity index (χ3v) is 6.78. The van der Waals surface area contributed by atoms with Crippen molar-refractivity contribution in [2.75, 3.05) is 13.3 Å². The van der Waals surface area contributed by atoms with Gasteiger partial charge in [0.25, 0.3) is 0 Å². The van der Waals surface area contributed by atoms with Crippen molar-refractivity contribution in [2.24, 2.45) is 0 Å². The molecule has 0 radical (unpaired) electrons. The van der Waals surface area contributed by atoms with Gasteiger partial charge in [0.15, 0.2) is 0 Å². The summed E-state index contributed by atoms with van der Waals surface area (Å²) in [5, 5.41) is 2.18. The molecule has 0 heterocycles. The molecular weight excluding hydrogens is 276 g/mol. The molecule has 0 aliphatic rings. The SMILES string of the molecule is FCC(F)C[SiH2]c1ccc([SiH2]CC(F)CF)cc1. The highest BCUT2D eigenvalue weighted by molar-refractivity contribution is 6.55. The van der Waals surface area contributed by atoms with Crippen molar-refractivity contribution >= 4 is 29.4 Å². The fourth-order valence-corrected chi connectivity index (χ4v) is 4.41. The molecule has 2 unspecified atom stereocenters.